The van der Waals surface area contributed by atoms with Gasteiger partial charge >= 0.3 is 5.00 Å². The molecule has 1 amide bonds. The van der Waals surface area contributed by atoms with Crippen LogP contribution in [0, 0.1) is 10.1 Å². The van der Waals surface area contributed by atoms with E-state index >= 15 is 0 Å². The van der Waals surface area contributed by atoms with E-state index in [4.69, 9.17) is 0 Å². The zero-order valence-corrected chi connectivity index (χ0v) is 11.6. The van der Waals surface area contributed by atoms with Gasteiger partial charge in [-0.15, -0.1) is 11.8 Å². The summed E-state index contributed by atoms with van der Waals surface area (Å²) in [7, 11) is 0. The smallest absolute Gasteiger partial charge is 0.321 e. The van der Waals surface area contributed by atoms with Gasteiger partial charge in [0.2, 0.25) is 0 Å². The van der Waals surface area contributed by atoms with E-state index in [1.165, 1.54) is 12.1 Å². The number of anilines is 1. The zero-order valence-electron chi connectivity index (χ0n) is 9.95. The lowest BCUT2D eigenvalue weighted by atomic mass is 10.3. The maximum atomic E-state index is 11.9. The molecule has 1 aromatic heterocycles. The number of hydrogen-bond donors (Lipinski definition) is 1. The summed E-state index contributed by atoms with van der Waals surface area (Å²) in [6.07, 6.45) is 1.95. The van der Waals surface area contributed by atoms with Crippen molar-refractivity contribution in [3.8, 4) is 0 Å². The quantitative estimate of drug-likeness (QED) is 0.531. The molecule has 0 aliphatic rings. The molecule has 0 spiro atoms. The van der Waals surface area contributed by atoms with Crippen LogP contribution < -0.4 is 5.32 Å². The monoisotopic (exact) mass is 294 g/mol. The third kappa shape index (κ3) is 3.33. The summed E-state index contributed by atoms with van der Waals surface area (Å²) >= 11 is 2.44. The summed E-state index contributed by atoms with van der Waals surface area (Å²) in [4.78, 5) is 23.3. The number of nitrogens with one attached hydrogen (secondary N) is 1. The molecule has 2 aromatic rings. The van der Waals surface area contributed by atoms with Gasteiger partial charge in [-0.2, -0.15) is 0 Å². The first-order valence-corrected chi connectivity index (χ1v) is 7.34. The van der Waals surface area contributed by atoms with Gasteiger partial charge in [-0.1, -0.05) is 17.4 Å². The van der Waals surface area contributed by atoms with Gasteiger partial charge in [-0.05, 0) is 30.5 Å². The molecule has 7 heteroatoms. The van der Waals surface area contributed by atoms with Gasteiger partial charge in [0.25, 0.3) is 5.91 Å². The number of benzene rings is 1. The van der Waals surface area contributed by atoms with Crippen molar-refractivity contribution in [3.05, 3.63) is 51.4 Å². The van der Waals surface area contributed by atoms with Crippen molar-refractivity contribution >= 4 is 39.7 Å². The fourth-order valence-electron chi connectivity index (χ4n) is 1.44. The lowest BCUT2D eigenvalue weighted by Crippen LogP contribution is -2.09. The Hall–Kier alpha value is -1.86. The molecule has 1 aromatic carbocycles. The Morgan fingerprint density at radius 1 is 1.37 bits per heavy atom. The van der Waals surface area contributed by atoms with Crippen LogP contribution in [-0.4, -0.2) is 17.1 Å². The highest BCUT2D eigenvalue weighted by molar-refractivity contribution is 7.98. The number of rotatable bonds is 4. The van der Waals surface area contributed by atoms with Crippen LogP contribution in [0.4, 0.5) is 10.7 Å². The molecule has 0 aliphatic carbocycles. The maximum absolute atomic E-state index is 11.9. The van der Waals surface area contributed by atoms with Crippen LogP contribution in [0.2, 0.25) is 0 Å². The van der Waals surface area contributed by atoms with Crippen molar-refractivity contribution in [2.75, 3.05) is 11.6 Å². The first-order valence-electron chi connectivity index (χ1n) is 5.30. The zero-order chi connectivity index (χ0) is 13.8. The maximum Gasteiger partial charge on any atom is 0.324 e. The molecule has 5 nitrogen and oxygen atoms in total. The van der Waals surface area contributed by atoms with Crippen LogP contribution in [0.15, 0.2) is 41.3 Å². The Morgan fingerprint density at radius 2 is 2.16 bits per heavy atom. The predicted octanol–water partition coefficient (Wildman–Crippen LogP) is 3.63. The third-order valence-electron chi connectivity index (χ3n) is 2.32. The number of nitrogens with zero attached hydrogens (tertiary/aromatic N) is 1. The summed E-state index contributed by atoms with van der Waals surface area (Å²) in [5, 5.41) is 13.2. The Kier molecular flexibility index (Phi) is 4.18. The summed E-state index contributed by atoms with van der Waals surface area (Å²) in [5.41, 5.74) is 0.674. The molecule has 19 heavy (non-hydrogen) atoms. The fraction of sp³-hybridized carbons (Fsp3) is 0.0833. The summed E-state index contributed by atoms with van der Waals surface area (Å²) in [5.74, 6) is -0.337. The van der Waals surface area contributed by atoms with Crippen LogP contribution in [0.25, 0.3) is 0 Å². The van der Waals surface area contributed by atoms with Gasteiger partial charge in [0.1, 0.15) is 0 Å². The SMILES string of the molecule is CSc1cccc(NC(=O)c2ccc([N+](=O)[O-])s2)c1. The van der Waals surface area contributed by atoms with E-state index in [0.29, 0.717) is 10.6 Å². The van der Waals surface area contributed by atoms with E-state index < -0.39 is 4.92 Å². The number of nitro groups is 1. The van der Waals surface area contributed by atoms with Crippen LogP contribution in [0.5, 0.6) is 0 Å². The third-order valence-corrected chi connectivity index (χ3v) is 4.08. The highest BCUT2D eigenvalue weighted by Crippen LogP contribution is 2.25. The number of hydrogen-bond acceptors (Lipinski definition) is 5. The number of carbonyl (C=O) groups excluding carboxylic acids is 1. The van der Waals surface area contributed by atoms with Gasteiger partial charge in [-0.25, -0.2) is 0 Å². The molecule has 0 bridgehead atoms. The van der Waals surface area contributed by atoms with Crippen molar-refractivity contribution < 1.29 is 9.72 Å². The molecule has 0 fully saturated rings. The molecule has 0 unspecified atom stereocenters. The highest BCUT2D eigenvalue weighted by Gasteiger charge is 2.15. The van der Waals surface area contributed by atoms with E-state index in [2.05, 4.69) is 5.32 Å². The van der Waals surface area contributed by atoms with Crippen LogP contribution >= 0.6 is 23.1 Å². The Morgan fingerprint density at radius 3 is 2.79 bits per heavy atom. The Balaban J connectivity index is 2.13. The highest BCUT2D eigenvalue weighted by atomic mass is 32.2. The van der Waals surface area contributed by atoms with Gasteiger partial charge in [-0.3, -0.25) is 14.9 Å². The predicted molar refractivity (Wildman–Crippen MR) is 77.1 cm³/mol. The van der Waals surface area contributed by atoms with Crippen LogP contribution in [0.3, 0.4) is 0 Å². The average Bonchev–Trinajstić information content (AvgIpc) is 2.89. The molecular formula is C12H10N2O3S2. The second kappa shape index (κ2) is 5.85. The topological polar surface area (TPSA) is 72.2 Å². The summed E-state index contributed by atoms with van der Waals surface area (Å²) < 4.78 is 0. The van der Waals surface area contributed by atoms with Crippen molar-refractivity contribution in [3.63, 3.8) is 0 Å². The normalized spacial score (nSPS) is 10.2. The minimum Gasteiger partial charge on any atom is -0.321 e. The van der Waals surface area contributed by atoms with Gasteiger partial charge < -0.3 is 5.32 Å². The number of carbonyl (C=O) groups is 1. The fourth-order valence-corrected chi connectivity index (χ4v) is 2.62. The van der Waals surface area contributed by atoms with E-state index in [1.54, 1.807) is 17.8 Å². The van der Waals surface area contributed by atoms with Crippen LogP contribution in [-0.2, 0) is 0 Å². The molecule has 0 saturated heterocycles. The van der Waals surface area contributed by atoms with Crippen molar-refractivity contribution in [2.45, 2.75) is 4.90 Å². The molecule has 98 valence electrons. The Labute approximate surface area is 117 Å². The molecule has 0 aliphatic heterocycles. The minimum absolute atomic E-state index is 0.0389. The van der Waals surface area contributed by atoms with Gasteiger partial charge in [0, 0.05) is 16.6 Å². The summed E-state index contributed by atoms with van der Waals surface area (Å²) in [6, 6.07) is 10.2. The molecule has 1 heterocycles. The molecule has 0 radical (unpaired) electrons. The standard InChI is InChI=1S/C12H10N2O3S2/c1-18-9-4-2-3-8(7-9)13-12(15)10-5-6-11(19-10)14(16)17/h2-7H,1H3,(H,13,15). The van der Waals surface area contributed by atoms with Crippen molar-refractivity contribution in [1.82, 2.24) is 0 Å². The van der Waals surface area contributed by atoms with Gasteiger partial charge in [0.15, 0.2) is 0 Å². The largest absolute Gasteiger partial charge is 0.324 e. The lowest BCUT2D eigenvalue weighted by Gasteiger charge is -2.04. The molecular weight excluding hydrogens is 284 g/mol. The van der Waals surface area contributed by atoms with Crippen molar-refractivity contribution in [1.29, 1.82) is 0 Å². The minimum atomic E-state index is -0.504. The number of thiophene rings is 1. The average molecular weight is 294 g/mol. The first-order chi connectivity index (χ1) is 9.10. The molecule has 0 atom stereocenters. The van der Waals surface area contributed by atoms with Gasteiger partial charge in [0.05, 0.1) is 9.80 Å². The van der Waals surface area contributed by atoms with E-state index in [1.807, 2.05) is 24.5 Å². The second-order valence-corrected chi connectivity index (χ2v) is 5.52. The summed E-state index contributed by atoms with van der Waals surface area (Å²) in [6.45, 7) is 0. The lowest BCUT2D eigenvalue weighted by molar-refractivity contribution is -0.380. The van der Waals surface area contributed by atoms with Crippen molar-refractivity contribution in [2.24, 2.45) is 0 Å². The van der Waals surface area contributed by atoms with E-state index in [0.717, 1.165) is 16.2 Å². The van der Waals surface area contributed by atoms with E-state index in [9.17, 15) is 14.9 Å². The second-order valence-electron chi connectivity index (χ2n) is 3.58. The molecule has 2 rings (SSSR count). The number of amides is 1. The first kappa shape index (κ1) is 13.6. The number of thioether (sulfide) groups is 1. The Bertz CT molecular complexity index is 625. The molecule has 0 saturated carbocycles. The molecule has 1 N–H and O–H groups in total. The van der Waals surface area contributed by atoms with Crippen LogP contribution in [0.1, 0.15) is 9.67 Å². The van der Waals surface area contributed by atoms with E-state index in [-0.39, 0.29) is 10.9 Å².